The van der Waals surface area contributed by atoms with Crippen LogP contribution in [0.5, 0.6) is 0 Å². The molecule has 1 atom stereocenters. The first-order valence-electron chi connectivity index (χ1n) is 6.75. The maximum absolute atomic E-state index is 9.68. The molecule has 0 radical (unpaired) electrons. The summed E-state index contributed by atoms with van der Waals surface area (Å²) in [7, 11) is 3.57. The summed E-state index contributed by atoms with van der Waals surface area (Å²) in [6.45, 7) is 3.52. The number of anilines is 2. The van der Waals surface area contributed by atoms with Crippen LogP contribution in [0.4, 0.5) is 11.8 Å². The molecule has 21 heavy (non-hydrogen) atoms. The molecule has 1 aromatic heterocycles. The normalized spacial score (nSPS) is 17.1. The molecule has 8 nitrogen and oxygen atoms in total. The van der Waals surface area contributed by atoms with Gasteiger partial charge in [0, 0.05) is 39.2 Å². The molecule has 0 bridgehead atoms. The molecular weight excluding hydrogens is 296 g/mol. The summed E-state index contributed by atoms with van der Waals surface area (Å²) in [6, 6.07) is 0. The SMILES string of the molecule is COCC(O)CN(C)CC1CN(c2nnc(Cl)c(N)n2)C1. The molecule has 1 fully saturated rings. The van der Waals surface area contributed by atoms with Gasteiger partial charge in [-0.2, -0.15) is 4.98 Å². The Morgan fingerprint density at radius 3 is 2.86 bits per heavy atom. The van der Waals surface area contributed by atoms with E-state index in [0.29, 0.717) is 25.0 Å². The van der Waals surface area contributed by atoms with E-state index in [1.54, 1.807) is 7.11 Å². The first kappa shape index (κ1) is 16.2. The van der Waals surface area contributed by atoms with Crippen molar-refractivity contribution < 1.29 is 9.84 Å². The van der Waals surface area contributed by atoms with Crippen LogP contribution in [0.1, 0.15) is 0 Å². The van der Waals surface area contributed by atoms with Gasteiger partial charge in [0.15, 0.2) is 11.0 Å². The standard InChI is InChI=1S/C12H21ClN6O2/c1-18(6-9(20)7-21-2)3-8-4-19(5-8)12-15-11(14)10(13)16-17-12/h8-9,20H,3-7H2,1-2H3,(H2,14,15,17). The van der Waals surface area contributed by atoms with Crippen molar-refractivity contribution in [3.8, 4) is 0 Å². The molecule has 118 valence electrons. The first-order valence-corrected chi connectivity index (χ1v) is 7.13. The van der Waals surface area contributed by atoms with Crippen LogP contribution in [0.3, 0.4) is 0 Å². The summed E-state index contributed by atoms with van der Waals surface area (Å²) < 4.78 is 4.91. The molecule has 1 aliphatic rings. The number of nitrogens with zero attached hydrogens (tertiary/aromatic N) is 5. The van der Waals surface area contributed by atoms with Crippen LogP contribution < -0.4 is 10.6 Å². The highest BCUT2D eigenvalue weighted by Crippen LogP contribution is 2.23. The fraction of sp³-hybridized carbons (Fsp3) is 0.750. The van der Waals surface area contributed by atoms with Crippen molar-refractivity contribution in [2.45, 2.75) is 6.10 Å². The van der Waals surface area contributed by atoms with Crippen LogP contribution >= 0.6 is 11.6 Å². The number of hydrogen-bond donors (Lipinski definition) is 2. The summed E-state index contributed by atoms with van der Waals surface area (Å²) >= 11 is 5.70. The van der Waals surface area contributed by atoms with Crippen molar-refractivity contribution in [2.75, 3.05) is 57.6 Å². The molecule has 0 aromatic carbocycles. The van der Waals surface area contributed by atoms with Gasteiger partial charge >= 0.3 is 0 Å². The zero-order valence-corrected chi connectivity index (χ0v) is 13.0. The Morgan fingerprint density at radius 1 is 1.52 bits per heavy atom. The van der Waals surface area contributed by atoms with Crippen molar-refractivity contribution in [3.05, 3.63) is 5.15 Å². The van der Waals surface area contributed by atoms with Crippen LogP contribution in [0.2, 0.25) is 5.15 Å². The molecule has 3 N–H and O–H groups in total. The third-order valence-corrected chi connectivity index (χ3v) is 3.62. The molecular formula is C12H21ClN6O2. The monoisotopic (exact) mass is 316 g/mol. The van der Waals surface area contributed by atoms with Crippen molar-refractivity contribution in [2.24, 2.45) is 5.92 Å². The van der Waals surface area contributed by atoms with Crippen LogP contribution in [0.25, 0.3) is 0 Å². The number of methoxy groups -OCH3 is 1. The van der Waals surface area contributed by atoms with Crippen LogP contribution in [0, 0.1) is 5.92 Å². The van der Waals surface area contributed by atoms with E-state index in [9.17, 15) is 5.11 Å². The Hall–Kier alpha value is -1.22. The summed E-state index contributed by atoms with van der Waals surface area (Å²) in [4.78, 5) is 8.21. The Kier molecular flexibility index (Phi) is 5.51. The van der Waals surface area contributed by atoms with E-state index >= 15 is 0 Å². The third-order valence-electron chi connectivity index (χ3n) is 3.35. The maximum atomic E-state index is 9.68. The number of likely N-dealkylation sites (N-methyl/N-ethyl adjacent to an activating group) is 1. The Balaban J connectivity index is 1.74. The third kappa shape index (κ3) is 4.37. The van der Waals surface area contributed by atoms with Gasteiger partial charge < -0.3 is 25.4 Å². The maximum Gasteiger partial charge on any atom is 0.247 e. The zero-order valence-electron chi connectivity index (χ0n) is 12.2. The number of rotatable bonds is 7. The lowest BCUT2D eigenvalue weighted by atomic mass is 10.00. The number of aliphatic hydroxyl groups is 1. The van der Waals surface area contributed by atoms with E-state index in [1.165, 1.54) is 0 Å². The Bertz CT molecular complexity index is 471. The number of ether oxygens (including phenoxy) is 1. The second-order valence-electron chi connectivity index (χ2n) is 5.39. The lowest BCUT2D eigenvalue weighted by Crippen LogP contribution is -2.52. The largest absolute Gasteiger partial charge is 0.389 e. The van der Waals surface area contributed by atoms with Crippen molar-refractivity contribution >= 4 is 23.4 Å². The smallest absolute Gasteiger partial charge is 0.247 e. The molecule has 2 rings (SSSR count). The molecule has 0 saturated carbocycles. The minimum atomic E-state index is -0.459. The van der Waals surface area contributed by atoms with Gasteiger partial charge in [0.1, 0.15) is 0 Å². The van der Waals surface area contributed by atoms with Gasteiger partial charge in [0.25, 0.3) is 0 Å². The Morgan fingerprint density at radius 2 is 2.24 bits per heavy atom. The highest BCUT2D eigenvalue weighted by Gasteiger charge is 2.30. The topological polar surface area (TPSA) is 101 Å². The molecule has 0 aliphatic carbocycles. The fourth-order valence-corrected chi connectivity index (χ4v) is 2.50. The molecule has 0 amide bonds. The van der Waals surface area contributed by atoms with Gasteiger partial charge in [0.2, 0.25) is 5.95 Å². The van der Waals surface area contributed by atoms with E-state index in [4.69, 9.17) is 22.1 Å². The van der Waals surface area contributed by atoms with E-state index in [2.05, 4.69) is 20.1 Å². The van der Waals surface area contributed by atoms with Crippen molar-refractivity contribution in [1.29, 1.82) is 0 Å². The predicted molar refractivity (Wildman–Crippen MR) is 80.3 cm³/mol. The van der Waals surface area contributed by atoms with Gasteiger partial charge in [0.05, 0.1) is 12.7 Å². The molecule has 1 aromatic rings. The van der Waals surface area contributed by atoms with E-state index in [1.807, 2.05) is 11.9 Å². The highest BCUT2D eigenvalue weighted by molar-refractivity contribution is 6.31. The summed E-state index contributed by atoms with van der Waals surface area (Å²) in [5, 5.41) is 17.5. The average Bonchev–Trinajstić information content (AvgIpc) is 2.37. The minimum absolute atomic E-state index is 0.127. The molecule has 1 aliphatic heterocycles. The van der Waals surface area contributed by atoms with Gasteiger partial charge in [-0.25, -0.2) is 0 Å². The number of halogens is 1. The van der Waals surface area contributed by atoms with Gasteiger partial charge in [-0.05, 0) is 7.05 Å². The van der Waals surface area contributed by atoms with E-state index in [-0.39, 0.29) is 11.0 Å². The van der Waals surface area contributed by atoms with Gasteiger partial charge in [-0.3, -0.25) is 0 Å². The number of aliphatic hydroxyl groups excluding tert-OH is 1. The summed E-state index contributed by atoms with van der Waals surface area (Å²) in [6.07, 6.45) is -0.459. The summed E-state index contributed by atoms with van der Waals surface area (Å²) in [5.41, 5.74) is 5.62. The van der Waals surface area contributed by atoms with Crippen LogP contribution in [-0.4, -0.2) is 78.2 Å². The second kappa shape index (κ2) is 7.17. The molecule has 1 saturated heterocycles. The molecule has 1 unspecified atom stereocenters. The number of nitrogen functional groups attached to an aromatic ring is 1. The molecule has 2 heterocycles. The second-order valence-corrected chi connectivity index (χ2v) is 5.75. The van der Waals surface area contributed by atoms with Gasteiger partial charge in [-0.1, -0.05) is 11.6 Å². The summed E-state index contributed by atoms with van der Waals surface area (Å²) in [5.74, 6) is 1.21. The number of nitrogens with two attached hydrogens (primary N) is 1. The van der Waals surface area contributed by atoms with Crippen molar-refractivity contribution in [1.82, 2.24) is 20.1 Å². The first-order chi connectivity index (χ1) is 9.99. The average molecular weight is 317 g/mol. The lowest BCUT2D eigenvalue weighted by molar-refractivity contribution is 0.0394. The highest BCUT2D eigenvalue weighted by atomic mass is 35.5. The lowest BCUT2D eigenvalue weighted by Gasteiger charge is -2.41. The van der Waals surface area contributed by atoms with Gasteiger partial charge in [-0.15, -0.1) is 10.2 Å². The predicted octanol–water partition coefficient (Wildman–Crippen LogP) is -0.517. The molecule has 0 spiro atoms. The van der Waals surface area contributed by atoms with E-state index < -0.39 is 6.10 Å². The number of aromatic nitrogens is 3. The van der Waals surface area contributed by atoms with Crippen LogP contribution in [-0.2, 0) is 4.74 Å². The quantitative estimate of drug-likeness (QED) is 0.693. The Labute approximate surface area is 128 Å². The number of hydrogen-bond acceptors (Lipinski definition) is 8. The minimum Gasteiger partial charge on any atom is -0.389 e. The molecule has 9 heteroatoms. The van der Waals surface area contributed by atoms with E-state index in [0.717, 1.165) is 19.6 Å². The zero-order chi connectivity index (χ0) is 15.4. The van der Waals surface area contributed by atoms with Crippen LogP contribution in [0.15, 0.2) is 0 Å². The van der Waals surface area contributed by atoms with Crippen molar-refractivity contribution in [3.63, 3.8) is 0 Å². The fourth-order valence-electron chi connectivity index (χ4n) is 2.42.